The van der Waals surface area contributed by atoms with Crippen molar-refractivity contribution in [2.75, 3.05) is 6.54 Å². The summed E-state index contributed by atoms with van der Waals surface area (Å²) >= 11 is 0. The Labute approximate surface area is 105 Å². The minimum atomic E-state index is -1.00. The molecule has 0 spiro atoms. The normalized spacial score (nSPS) is 13.2. The number of benzene rings is 1. The summed E-state index contributed by atoms with van der Waals surface area (Å²) in [4.78, 5) is 11.9. The van der Waals surface area contributed by atoms with Crippen LogP contribution < -0.4 is 5.73 Å². The molecular weight excluding hydrogens is 240 g/mol. The molecule has 0 fully saturated rings. The number of esters is 1. The van der Waals surface area contributed by atoms with Crippen molar-refractivity contribution in [3.63, 3.8) is 0 Å². The molecule has 0 aromatic heterocycles. The highest BCUT2D eigenvalue weighted by atomic mass is 19.1. The lowest BCUT2D eigenvalue weighted by atomic mass is 9.98. The molecule has 0 saturated carbocycles. The van der Waals surface area contributed by atoms with Crippen LogP contribution in [0.4, 0.5) is 8.78 Å². The first-order valence-electron chi connectivity index (χ1n) is 5.62. The number of hydrogen-bond donors (Lipinski definition) is 1. The zero-order valence-corrected chi connectivity index (χ0v) is 10.7. The van der Waals surface area contributed by atoms with E-state index in [1.807, 2.05) is 0 Å². The van der Waals surface area contributed by atoms with Gasteiger partial charge in [0, 0.05) is 12.1 Å². The Hall–Kier alpha value is -1.49. The summed E-state index contributed by atoms with van der Waals surface area (Å²) in [7, 11) is 0. The van der Waals surface area contributed by atoms with Crippen LogP contribution >= 0.6 is 0 Å². The average molecular weight is 257 g/mol. The molecule has 0 bridgehead atoms. The second-order valence-corrected chi connectivity index (χ2v) is 4.99. The van der Waals surface area contributed by atoms with Gasteiger partial charge in [0.25, 0.3) is 0 Å². The van der Waals surface area contributed by atoms with Crippen LogP contribution in [0.25, 0.3) is 0 Å². The predicted molar refractivity (Wildman–Crippen MR) is 64.0 cm³/mol. The molecule has 3 nitrogen and oxygen atoms in total. The lowest BCUT2D eigenvalue weighted by Crippen LogP contribution is -2.31. The highest BCUT2D eigenvalue weighted by molar-refractivity contribution is 5.79. The van der Waals surface area contributed by atoms with Crippen molar-refractivity contribution in [1.29, 1.82) is 0 Å². The van der Waals surface area contributed by atoms with Crippen LogP contribution in [0, 0.1) is 11.6 Å². The number of hydrogen-bond acceptors (Lipinski definition) is 3. The van der Waals surface area contributed by atoms with E-state index < -0.39 is 29.1 Å². The third-order valence-electron chi connectivity index (χ3n) is 2.26. The molecule has 0 amide bonds. The Morgan fingerprint density at radius 2 is 2.00 bits per heavy atom. The Morgan fingerprint density at radius 3 is 2.50 bits per heavy atom. The summed E-state index contributed by atoms with van der Waals surface area (Å²) in [6.45, 7) is 4.94. The van der Waals surface area contributed by atoms with E-state index in [9.17, 15) is 13.6 Å². The van der Waals surface area contributed by atoms with Crippen LogP contribution in [0.2, 0.25) is 0 Å². The van der Waals surface area contributed by atoms with Gasteiger partial charge in [-0.25, -0.2) is 8.78 Å². The van der Waals surface area contributed by atoms with E-state index in [0.29, 0.717) is 0 Å². The largest absolute Gasteiger partial charge is 0.459 e. The van der Waals surface area contributed by atoms with E-state index in [0.717, 1.165) is 18.2 Å². The van der Waals surface area contributed by atoms with Crippen molar-refractivity contribution in [3.05, 3.63) is 35.4 Å². The van der Waals surface area contributed by atoms with Crippen molar-refractivity contribution in [3.8, 4) is 0 Å². The van der Waals surface area contributed by atoms with Crippen LogP contribution in [-0.2, 0) is 9.53 Å². The molecule has 100 valence electrons. The van der Waals surface area contributed by atoms with E-state index in [4.69, 9.17) is 10.5 Å². The van der Waals surface area contributed by atoms with Crippen molar-refractivity contribution in [2.24, 2.45) is 5.73 Å². The third kappa shape index (κ3) is 3.77. The van der Waals surface area contributed by atoms with Gasteiger partial charge in [0.1, 0.15) is 17.2 Å². The van der Waals surface area contributed by atoms with E-state index in [1.165, 1.54) is 0 Å². The van der Waals surface area contributed by atoms with E-state index in [-0.39, 0.29) is 12.1 Å². The van der Waals surface area contributed by atoms with Crippen LogP contribution in [0.3, 0.4) is 0 Å². The van der Waals surface area contributed by atoms with Gasteiger partial charge in [-0.3, -0.25) is 4.79 Å². The monoisotopic (exact) mass is 257 g/mol. The minimum Gasteiger partial charge on any atom is -0.459 e. The van der Waals surface area contributed by atoms with Crippen molar-refractivity contribution >= 4 is 5.97 Å². The maximum Gasteiger partial charge on any atom is 0.315 e. The van der Waals surface area contributed by atoms with Gasteiger partial charge in [0.2, 0.25) is 0 Å². The number of rotatable bonds is 3. The molecule has 18 heavy (non-hydrogen) atoms. The van der Waals surface area contributed by atoms with Crippen molar-refractivity contribution in [2.45, 2.75) is 32.3 Å². The first-order chi connectivity index (χ1) is 8.24. The molecular formula is C13H17F2NO2. The van der Waals surface area contributed by atoms with Crippen LogP contribution in [0.15, 0.2) is 18.2 Å². The third-order valence-corrected chi connectivity index (χ3v) is 2.26. The SMILES string of the molecule is CC(C)(C)OC(=O)C(CN)c1cc(F)ccc1F. The summed E-state index contributed by atoms with van der Waals surface area (Å²) in [6.07, 6.45) is 0. The average Bonchev–Trinajstić information content (AvgIpc) is 2.21. The van der Waals surface area contributed by atoms with Crippen LogP contribution in [0.5, 0.6) is 0 Å². The summed E-state index contributed by atoms with van der Waals surface area (Å²) in [6, 6.07) is 2.93. The number of halogens is 2. The fraction of sp³-hybridized carbons (Fsp3) is 0.462. The van der Waals surface area contributed by atoms with Gasteiger partial charge < -0.3 is 10.5 Å². The molecule has 1 aromatic carbocycles. The molecule has 1 atom stereocenters. The Morgan fingerprint density at radius 1 is 1.39 bits per heavy atom. The lowest BCUT2D eigenvalue weighted by Gasteiger charge is -2.23. The van der Waals surface area contributed by atoms with Gasteiger partial charge in [0.15, 0.2) is 0 Å². The fourth-order valence-electron chi connectivity index (χ4n) is 1.50. The van der Waals surface area contributed by atoms with Crippen LogP contribution in [0.1, 0.15) is 32.3 Å². The quantitative estimate of drug-likeness (QED) is 0.846. The molecule has 0 aliphatic heterocycles. The minimum absolute atomic E-state index is 0.0771. The second kappa shape index (κ2) is 5.44. The number of carbonyl (C=O) groups is 1. The van der Waals surface area contributed by atoms with Gasteiger partial charge >= 0.3 is 5.97 Å². The fourth-order valence-corrected chi connectivity index (χ4v) is 1.50. The number of carbonyl (C=O) groups excluding carboxylic acids is 1. The summed E-state index contributed by atoms with van der Waals surface area (Å²) < 4.78 is 31.8. The van der Waals surface area contributed by atoms with Gasteiger partial charge in [-0.15, -0.1) is 0 Å². The zero-order chi connectivity index (χ0) is 13.9. The van der Waals surface area contributed by atoms with Crippen LogP contribution in [-0.4, -0.2) is 18.1 Å². The Bertz CT molecular complexity index is 441. The molecule has 0 radical (unpaired) electrons. The second-order valence-electron chi connectivity index (χ2n) is 4.99. The number of ether oxygens (including phenoxy) is 1. The molecule has 1 aromatic rings. The molecule has 0 saturated heterocycles. The molecule has 1 unspecified atom stereocenters. The van der Waals surface area contributed by atoms with E-state index in [1.54, 1.807) is 20.8 Å². The smallest absolute Gasteiger partial charge is 0.315 e. The van der Waals surface area contributed by atoms with Gasteiger partial charge in [-0.05, 0) is 39.0 Å². The molecule has 1 rings (SSSR count). The highest BCUT2D eigenvalue weighted by Crippen LogP contribution is 2.23. The Balaban J connectivity index is 3.02. The molecule has 2 N–H and O–H groups in total. The van der Waals surface area contributed by atoms with E-state index in [2.05, 4.69) is 0 Å². The summed E-state index contributed by atoms with van der Waals surface area (Å²) in [5, 5.41) is 0. The first-order valence-corrected chi connectivity index (χ1v) is 5.62. The topological polar surface area (TPSA) is 52.3 Å². The summed E-state index contributed by atoms with van der Waals surface area (Å²) in [5.41, 5.74) is 4.68. The molecule has 0 aliphatic carbocycles. The van der Waals surface area contributed by atoms with Gasteiger partial charge in [-0.2, -0.15) is 0 Å². The van der Waals surface area contributed by atoms with Gasteiger partial charge in [-0.1, -0.05) is 0 Å². The predicted octanol–water partition coefficient (Wildman–Crippen LogP) is 2.35. The first kappa shape index (κ1) is 14.6. The van der Waals surface area contributed by atoms with Crippen molar-refractivity contribution in [1.82, 2.24) is 0 Å². The maximum atomic E-state index is 13.6. The summed E-state index contributed by atoms with van der Waals surface area (Å²) in [5.74, 6) is -2.94. The van der Waals surface area contributed by atoms with E-state index >= 15 is 0 Å². The molecule has 0 heterocycles. The zero-order valence-electron chi connectivity index (χ0n) is 10.7. The lowest BCUT2D eigenvalue weighted by molar-refractivity contribution is -0.156. The molecule has 5 heteroatoms. The Kier molecular flexibility index (Phi) is 4.40. The van der Waals surface area contributed by atoms with Gasteiger partial charge in [0.05, 0.1) is 5.92 Å². The number of nitrogens with two attached hydrogens (primary N) is 1. The molecule has 0 aliphatic rings. The van der Waals surface area contributed by atoms with Crippen molar-refractivity contribution < 1.29 is 18.3 Å². The highest BCUT2D eigenvalue weighted by Gasteiger charge is 2.27. The maximum absolute atomic E-state index is 13.6. The standard InChI is InChI=1S/C13H17F2NO2/c1-13(2,3)18-12(17)10(7-16)9-6-8(14)4-5-11(9)15/h4-6,10H,7,16H2,1-3H3.